The van der Waals surface area contributed by atoms with E-state index in [9.17, 15) is 4.79 Å². The number of carbonyl (C=O) groups excluding carboxylic acids is 1. The van der Waals surface area contributed by atoms with Gasteiger partial charge in [-0.15, -0.1) is 0 Å². The summed E-state index contributed by atoms with van der Waals surface area (Å²) in [5.74, 6) is 1.22. The van der Waals surface area contributed by atoms with Gasteiger partial charge in [0.1, 0.15) is 19.3 Å². The molecule has 0 spiro atoms. The molecule has 33 heavy (non-hydrogen) atoms. The molecule has 0 N–H and O–H groups in total. The number of amides is 1. The van der Waals surface area contributed by atoms with Crippen LogP contribution in [0.3, 0.4) is 0 Å². The zero-order chi connectivity index (χ0) is 23.8. The van der Waals surface area contributed by atoms with Crippen molar-refractivity contribution in [1.29, 1.82) is 0 Å². The third kappa shape index (κ3) is 5.72. The maximum absolute atomic E-state index is 13.3. The van der Waals surface area contributed by atoms with Crippen LogP contribution in [0.1, 0.15) is 37.1 Å². The number of likely N-dealkylation sites (tertiary alicyclic amines) is 1. The lowest BCUT2D eigenvalue weighted by Crippen LogP contribution is -2.76. The van der Waals surface area contributed by atoms with Crippen molar-refractivity contribution >= 4 is 5.91 Å². The lowest BCUT2D eigenvalue weighted by atomic mass is 9.74. The van der Waals surface area contributed by atoms with Gasteiger partial charge < -0.3 is 23.8 Å². The zero-order valence-electron chi connectivity index (χ0n) is 20.4. The van der Waals surface area contributed by atoms with E-state index in [-0.39, 0.29) is 25.5 Å². The largest absolute Gasteiger partial charge is 0.496 e. The molecule has 1 aliphatic heterocycles. The Morgan fingerprint density at radius 1 is 1.09 bits per heavy atom. The number of nitrogens with zero attached hydrogens (tertiary/aromatic N) is 2. The van der Waals surface area contributed by atoms with Crippen molar-refractivity contribution in [2.24, 2.45) is 5.92 Å². The Labute approximate surface area is 197 Å². The number of carbonyl (C=O) groups is 1. The van der Waals surface area contributed by atoms with Crippen molar-refractivity contribution in [2.45, 2.75) is 51.2 Å². The molecule has 1 aromatic carbocycles. The molecule has 0 saturated carbocycles. The second kappa shape index (κ2) is 11.6. The standard InChI is InChI=1S/C26H36N2O5/c1-19(2)14-24-26(33-18-31-4,25(29)28(24)17-30-3)16-22-15-20(12-13-27-22)10-11-21-8-6-7-9-23(21)32-5/h6-9,12-13,15,19,24H,10-11,14,16-18H2,1-5H3/t24-,26-/m0/s1. The molecule has 1 amide bonds. The summed E-state index contributed by atoms with van der Waals surface area (Å²) < 4.78 is 22.0. The minimum atomic E-state index is -0.993. The molecule has 7 nitrogen and oxygen atoms in total. The second-order valence-electron chi connectivity index (χ2n) is 8.92. The lowest BCUT2D eigenvalue weighted by molar-refractivity contribution is -0.235. The Morgan fingerprint density at radius 3 is 2.58 bits per heavy atom. The Balaban J connectivity index is 1.80. The van der Waals surface area contributed by atoms with E-state index in [0.29, 0.717) is 12.3 Å². The van der Waals surface area contributed by atoms with E-state index in [2.05, 4.69) is 31.0 Å². The smallest absolute Gasteiger partial charge is 0.259 e. The van der Waals surface area contributed by atoms with Crippen molar-refractivity contribution in [2.75, 3.05) is 34.9 Å². The third-order valence-corrected chi connectivity index (χ3v) is 6.13. The fourth-order valence-corrected chi connectivity index (χ4v) is 4.57. The van der Waals surface area contributed by atoms with Gasteiger partial charge in [-0.1, -0.05) is 32.0 Å². The summed E-state index contributed by atoms with van der Waals surface area (Å²) in [7, 11) is 4.86. The van der Waals surface area contributed by atoms with Crippen molar-refractivity contribution in [3.8, 4) is 5.75 Å². The molecular formula is C26H36N2O5. The summed E-state index contributed by atoms with van der Waals surface area (Å²) in [6, 6.07) is 12.1. The Hall–Kier alpha value is -2.48. The summed E-state index contributed by atoms with van der Waals surface area (Å²) in [4.78, 5) is 19.6. The van der Waals surface area contributed by atoms with Gasteiger partial charge in [-0.2, -0.15) is 0 Å². The number of hydrogen-bond donors (Lipinski definition) is 0. The van der Waals surface area contributed by atoms with Crippen LogP contribution >= 0.6 is 0 Å². The van der Waals surface area contributed by atoms with Gasteiger partial charge in [-0.25, -0.2) is 0 Å². The van der Waals surface area contributed by atoms with Crippen LogP contribution < -0.4 is 4.74 Å². The van der Waals surface area contributed by atoms with Crippen molar-refractivity contribution in [3.05, 3.63) is 59.4 Å². The van der Waals surface area contributed by atoms with Crippen molar-refractivity contribution in [1.82, 2.24) is 9.88 Å². The highest BCUT2D eigenvalue weighted by atomic mass is 16.7. The van der Waals surface area contributed by atoms with Crippen LogP contribution in [-0.4, -0.2) is 62.3 Å². The van der Waals surface area contributed by atoms with E-state index in [4.69, 9.17) is 18.9 Å². The Morgan fingerprint density at radius 2 is 1.88 bits per heavy atom. The molecular weight excluding hydrogens is 420 g/mol. The average Bonchev–Trinajstić information content (AvgIpc) is 2.83. The van der Waals surface area contributed by atoms with Gasteiger partial charge in [-0.3, -0.25) is 9.78 Å². The highest BCUT2D eigenvalue weighted by molar-refractivity contribution is 5.93. The molecule has 3 rings (SSSR count). The number of benzene rings is 1. The van der Waals surface area contributed by atoms with Crippen molar-refractivity contribution < 1.29 is 23.7 Å². The van der Waals surface area contributed by atoms with Crippen LogP contribution in [-0.2, 0) is 38.3 Å². The fourth-order valence-electron chi connectivity index (χ4n) is 4.57. The van der Waals surface area contributed by atoms with E-state index in [1.54, 1.807) is 26.2 Å². The Bertz CT molecular complexity index is 919. The summed E-state index contributed by atoms with van der Waals surface area (Å²) in [6.07, 6.45) is 4.72. The quantitative estimate of drug-likeness (QED) is 0.339. The van der Waals surface area contributed by atoms with E-state index in [1.165, 1.54) is 5.56 Å². The molecule has 0 unspecified atom stereocenters. The first-order valence-electron chi connectivity index (χ1n) is 11.4. The molecule has 2 atom stereocenters. The second-order valence-corrected chi connectivity index (χ2v) is 8.92. The minimum absolute atomic E-state index is 0.0502. The van der Waals surface area contributed by atoms with Gasteiger partial charge >= 0.3 is 0 Å². The fraction of sp³-hybridized carbons (Fsp3) is 0.538. The number of ether oxygens (including phenoxy) is 4. The molecule has 1 saturated heterocycles. The molecule has 1 aromatic heterocycles. The summed E-state index contributed by atoms with van der Waals surface area (Å²) in [5, 5.41) is 0. The van der Waals surface area contributed by atoms with Gasteiger partial charge in [-0.05, 0) is 54.5 Å². The number of para-hydroxylation sites is 1. The predicted molar refractivity (Wildman–Crippen MR) is 126 cm³/mol. The topological polar surface area (TPSA) is 70.1 Å². The summed E-state index contributed by atoms with van der Waals surface area (Å²) >= 11 is 0. The molecule has 7 heteroatoms. The molecule has 2 aromatic rings. The zero-order valence-corrected chi connectivity index (χ0v) is 20.4. The van der Waals surface area contributed by atoms with Crippen LogP contribution in [0.2, 0.25) is 0 Å². The van der Waals surface area contributed by atoms with Crippen LogP contribution in [0.4, 0.5) is 0 Å². The number of aryl methyl sites for hydroxylation is 2. The number of aromatic nitrogens is 1. The first-order chi connectivity index (χ1) is 15.9. The first-order valence-corrected chi connectivity index (χ1v) is 11.4. The predicted octanol–water partition coefficient (Wildman–Crippen LogP) is 3.64. The van der Waals surface area contributed by atoms with Gasteiger partial charge in [0.25, 0.3) is 5.91 Å². The normalized spacial score (nSPS) is 20.2. The third-order valence-electron chi connectivity index (χ3n) is 6.13. The van der Waals surface area contributed by atoms with E-state index < -0.39 is 5.60 Å². The highest BCUT2D eigenvalue weighted by Crippen LogP contribution is 2.40. The first kappa shape index (κ1) is 25.1. The maximum Gasteiger partial charge on any atom is 0.259 e. The van der Waals surface area contributed by atoms with Crippen LogP contribution in [0, 0.1) is 5.92 Å². The van der Waals surface area contributed by atoms with E-state index in [0.717, 1.165) is 36.3 Å². The summed E-state index contributed by atoms with van der Waals surface area (Å²) in [6.45, 7) is 4.59. The number of β-lactam (4-membered cyclic amide) rings is 1. The average molecular weight is 457 g/mol. The molecule has 0 aliphatic carbocycles. The van der Waals surface area contributed by atoms with E-state index >= 15 is 0 Å². The molecule has 0 bridgehead atoms. The number of methoxy groups -OCH3 is 3. The Kier molecular flexibility index (Phi) is 8.83. The van der Waals surface area contributed by atoms with Gasteiger partial charge in [0, 0.05) is 32.5 Å². The molecule has 2 heterocycles. The maximum atomic E-state index is 13.3. The summed E-state index contributed by atoms with van der Waals surface area (Å²) in [5.41, 5.74) is 2.17. The number of hydrogen-bond acceptors (Lipinski definition) is 6. The van der Waals surface area contributed by atoms with Gasteiger partial charge in [0.05, 0.1) is 13.2 Å². The molecule has 180 valence electrons. The number of pyridine rings is 1. The number of rotatable bonds is 13. The molecule has 0 radical (unpaired) electrons. The van der Waals surface area contributed by atoms with Gasteiger partial charge in [0.2, 0.25) is 0 Å². The minimum Gasteiger partial charge on any atom is -0.496 e. The van der Waals surface area contributed by atoms with E-state index in [1.807, 2.05) is 30.5 Å². The SMILES string of the molecule is COCO[C@]1(Cc2cc(CCc3ccccc3OC)ccn2)C(=O)N(COC)[C@H]1CC(C)C. The van der Waals surface area contributed by atoms with Gasteiger partial charge in [0.15, 0.2) is 5.60 Å². The highest BCUT2D eigenvalue weighted by Gasteiger charge is 2.61. The lowest BCUT2D eigenvalue weighted by Gasteiger charge is -2.55. The van der Waals surface area contributed by atoms with Crippen molar-refractivity contribution in [3.63, 3.8) is 0 Å². The molecule has 1 fully saturated rings. The van der Waals surface area contributed by atoms with Crippen LogP contribution in [0.5, 0.6) is 5.75 Å². The van der Waals surface area contributed by atoms with Crippen LogP contribution in [0.25, 0.3) is 0 Å². The monoisotopic (exact) mass is 456 g/mol. The molecule has 1 aliphatic rings. The van der Waals surface area contributed by atoms with Crippen LogP contribution in [0.15, 0.2) is 42.6 Å².